The molecule has 2 nitrogen and oxygen atoms in total. The van der Waals surface area contributed by atoms with Gasteiger partial charge in [-0.3, -0.25) is 0 Å². The number of alkyl halides is 1. The molecule has 1 rings (SSSR count). The maximum atomic E-state index is 13.1. The van der Waals surface area contributed by atoms with Crippen LogP contribution in [-0.2, 0) is 9.53 Å². The third-order valence-electron chi connectivity index (χ3n) is 1.76. The fourth-order valence-corrected chi connectivity index (χ4v) is 0.970. The largest absolute Gasteiger partial charge is 0.423 e. The van der Waals surface area contributed by atoms with E-state index in [0.29, 0.717) is 6.08 Å². The van der Waals surface area contributed by atoms with Gasteiger partial charge in [0, 0.05) is 6.08 Å². The van der Waals surface area contributed by atoms with Crippen LogP contribution in [0.2, 0.25) is 0 Å². The minimum absolute atomic E-state index is 0.0643. The molecule has 0 fully saturated rings. The normalized spacial score (nSPS) is 12.1. The number of rotatable bonds is 3. The van der Waals surface area contributed by atoms with E-state index in [1.54, 1.807) is 0 Å². The molecule has 7 heteroatoms. The highest BCUT2D eigenvalue weighted by atomic mass is 19.2. The predicted molar refractivity (Wildman–Crippen MR) is 46.4 cm³/mol. The minimum Gasteiger partial charge on any atom is -0.423 e. The smallest absolute Gasteiger partial charge is 0.332 e. The molecule has 1 unspecified atom stereocenters. The Hall–Kier alpha value is -1.92. The quantitative estimate of drug-likeness (QED) is 0.272. The van der Waals surface area contributed by atoms with Crippen molar-refractivity contribution >= 4 is 5.97 Å². The molecule has 0 aliphatic heterocycles. The highest BCUT2D eigenvalue weighted by molar-refractivity contribution is 5.81. The van der Waals surface area contributed by atoms with E-state index >= 15 is 0 Å². The van der Waals surface area contributed by atoms with Gasteiger partial charge in [0.2, 0.25) is 0 Å². The van der Waals surface area contributed by atoms with Crippen molar-refractivity contribution in [3.8, 4) is 0 Å². The topological polar surface area (TPSA) is 26.3 Å². The number of halogens is 5. The zero-order valence-electron chi connectivity index (χ0n) is 8.15. The van der Waals surface area contributed by atoms with Crippen molar-refractivity contribution in [2.75, 3.05) is 0 Å². The summed E-state index contributed by atoms with van der Waals surface area (Å²) >= 11 is 0. The van der Waals surface area contributed by atoms with Crippen LogP contribution in [0.25, 0.3) is 0 Å². The molecule has 1 aromatic carbocycles. The summed E-state index contributed by atoms with van der Waals surface area (Å²) in [5.41, 5.74) is -1.25. The molecule has 92 valence electrons. The standard InChI is InChI=1S/C10H5F5O2/c1-2-6(16)17-10(15)4-3-5(11)8(13)9(14)7(4)12/h2-3,10H,1H2. The monoisotopic (exact) mass is 252 g/mol. The Labute approximate surface area is 92.3 Å². The van der Waals surface area contributed by atoms with Gasteiger partial charge in [-0.05, 0) is 6.07 Å². The maximum absolute atomic E-state index is 13.1. The molecular formula is C10H5F5O2. The van der Waals surface area contributed by atoms with Crippen molar-refractivity contribution in [1.29, 1.82) is 0 Å². The van der Waals surface area contributed by atoms with E-state index in [2.05, 4.69) is 11.3 Å². The third-order valence-corrected chi connectivity index (χ3v) is 1.76. The van der Waals surface area contributed by atoms with E-state index in [-0.39, 0.29) is 6.07 Å². The lowest BCUT2D eigenvalue weighted by Gasteiger charge is -2.10. The first-order valence-corrected chi connectivity index (χ1v) is 4.18. The van der Waals surface area contributed by atoms with Crippen LogP contribution in [0.1, 0.15) is 11.9 Å². The number of esters is 1. The van der Waals surface area contributed by atoms with E-state index < -0.39 is 41.2 Å². The molecule has 0 aromatic heterocycles. The van der Waals surface area contributed by atoms with Crippen LogP contribution in [0.3, 0.4) is 0 Å². The second kappa shape index (κ2) is 4.94. The van der Waals surface area contributed by atoms with Gasteiger partial charge in [0.1, 0.15) is 0 Å². The molecule has 0 bridgehead atoms. The van der Waals surface area contributed by atoms with Crippen molar-refractivity contribution < 1.29 is 31.5 Å². The molecule has 0 saturated heterocycles. The summed E-state index contributed by atoms with van der Waals surface area (Å²) in [6.07, 6.45) is -2.19. The Morgan fingerprint density at radius 1 is 1.24 bits per heavy atom. The summed E-state index contributed by atoms with van der Waals surface area (Å²) in [5, 5.41) is 0. The minimum atomic E-state index is -2.76. The van der Waals surface area contributed by atoms with E-state index in [0.717, 1.165) is 0 Å². The number of carbonyl (C=O) groups excluding carboxylic acids is 1. The molecule has 0 aliphatic rings. The summed E-state index contributed by atoms with van der Waals surface area (Å²) in [6.45, 7) is 2.94. The Balaban J connectivity index is 3.14. The van der Waals surface area contributed by atoms with E-state index in [1.807, 2.05) is 0 Å². The summed E-state index contributed by atoms with van der Waals surface area (Å²) in [7, 11) is 0. The molecule has 0 saturated carbocycles. The molecule has 0 N–H and O–H groups in total. The van der Waals surface area contributed by atoms with Crippen molar-refractivity contribution in [1.82, 2.24) is 0 Å². The predicted octanol–water partition coefficient (Wildman–Crippen LogP) is 2.94. The fraction of sp³-hybridized carbons (Fsp3) is 0.100. The van der Waals surface area contributed by atoms with Gasteiger partial charge in [-0.1, -0.05) is 6.58 Å². The average Bonchev–Trinajstić information content (AvgIpc) is 2.30. The van der Waals surface area contributed by atoms with Crippen molar-refractivity contribution in [3.05, 3.63) is 47.6 Å². The fourth-order valence-electron chi connectivity index (χ4n) is 0.970. The van der Waals surface area contributed by atoms with Gasteiger partial charge >= 0.3 is 5.97 Å². The van der Waals surface area contributed by atoms with Gasteiger partial charge < -0.3 is 4.74 Å². The maximum Gasteiger partial charge on any atom is 0.332 e. The molecule has 0 spiro atoms. The Kier molecular flexibility index (Phi) is 3.82. The van der Waals surface area contributed by atoms with E-state index in [4.69, 9.17) is 0 Å². The van der Waals surface area contributed by atoms with Gasteiger partial charge in [0.05, 0.1) is 5.56 Å². The molecule has 17 heavy (non-hydrogen) atoms. The number of carbonyl (C=O) groups is 1. The Morgan fingerprint density at radius 2 is 1.82 bits per heavy atom. The molecule has 0 radical (unpaired) electrons. The summed E-state index contributed by atoms with van der Waals surface area (Å²) in [5.74, 6) is -9.28. The highest BCUT2D eigenvalue weighted by Gasteiger charge is 2.25. The van der Waals surface area contributed by atoms with Gasteiger partial charge in [-0.15, -0.1) is 0 Å². The van der Waals surface area contributed by atoms with Crippen LogP contribution in [0.15, 0.2) is 18.7 Å². The first-order chi connectivity index (χ1) is 7.88. The van der Waals surface area contributed by atoms with Gasteiger partial charge in [-0.2, -0.15) is 4.39 Å². The SMILES string of the molecule is C=CC(=O)OC(F)c1cc(F)c(F)c(F)c1F. The van der Waals surface area contributed by atoms with Crippen LogP contribution in [-0.4, -0.2) is 5.97 Å². The number of hydrogen-bond donors (Lipinski definition) is 0. The lowest BCUT2D eigenvalue weighted by Crippen LogP contribution is -2.09. The molecular weight excluding hydrogens is 247 g/mol. The molecule has 0 amide bonds. The van der Waals surface area contributed by atoms with Gasteiger partial charge in [0.15, 0.2) is 23.3 Å². The summed E-state index contributed by atoms with van der Waals surface area (Å²) < 4.78 is 68.0. The summed E-state index contributed by atoms with van der Waals surface area (Å²) in [6, 6.07) is 0.0643. The molecule has 0 aliphatic carbocycles. The molecule has 0 heterocycles. The molecule has 1 atom stereocenters. The zero-order valence-corrected chi connectivity index (χ0v) is 8.15. The van der Waals surface area contributed by atoms with Crippen LogP contribution < -0.4 is 0 Å². The average molecular weight is 252 g/mol. The highest BCUT2D eigenvalue weighted by Crippen LogP contribution is 2.27. The van der Waals surface area contributed by atoms with Crippen molar-refractivity contribution in [2.24, 2.45) is 0 Å². The second-order valence-electron chi connectivity index (χ2n) is 2.85. The lowest BCUT2D eigenvalue weighted by atomic mass is 10.2. The number of hydrogen-bond acceptors (Lipinski definition) is 2. The van der Waals surface area contributed by atoms with Crippen molar-refractivity contribution in [2.45, 2.75) is 6.36 Å². The van der Waals surface area contributed by atoms with Crippen molar-refractivity contribution in [3.63, 3.8) is 0 Å². The van der Waals surface area contributed by atoms with Crippen LogP contribution >= 0.6 is 0 Å². The van der Waals surface area contributed by atoms with Crippen LogP contribution in [0.5, 0.6) is 0 Å². The number of benzene rings is 1. The Bertz CT molecular complexity index is 472. The first-order valence-electron chi connectivity index (χ1n) is 4.18. The van der Waals surface area contributed by atoms with Crippen LogP contribution in [0, 0.1) is 23.3 Å². The summed E-state index contributed by atoms with van der Waals surface area (Å²) in [4.78, 5) is 10.6. The Morgan fingerprint density at radius 3 is 2.35 bits per heavy atom. The van der Waals surface area contributed by atoms with E-state index in [1.165, 1.54) is 0 Å². The van der Waals surface area contributed by atoms with Crippen LogP contribution in [0.4, 0.5) is 22.0 Å². The van der Waals surface area contributed by atoms with Gasteiger partial charge in [0.25, 0.3) is 6.36 Å². The second-order valence-corrected chi connectivity index (χ2v) is 2.85. The lowest BCUT2D eigenvalue weighted by molar-refractivity contribution is -0.152. The molecule has 1 aromatic rings. The number of ether oxygens (including phenoxy) is 1. The first kappa shape index (κ1) is 13.1. The van der Waals surface area contributed by atoms with E-state index in [9.17, 15) is 26.7 Å². The van der Waals surface area contributed by atoms with Gasteiger partial charge in [-0.25, -0.2) is 22.4 Å². The third kappa shape index (κ3) is 2.61. The zero-order chi connectivity index (χ0) is 13.2.